The van der Waals surface area contributed by atoms with Gasteiger partial charge in [-0.3, -0.25) is 4.90 Å². The average Bonchev–Trinajstić information content (AvgIpc) is 2.73. The highest BCUT2D eigenvalue weighted by atomic mass is 16.3. The smallest absolute Gasteiger partial charge is 0.118 e. The van der Waals surface area contributed by atoms with Crippen LogP contribution in [0.15, 0.2) is 16.5 Å². The van der Waals surface area contributed by atoms with Crippen molar-refractivity contribution in [2.45, 2.75) is 58.2 Å². The Morgan fingerprint density at radius 2 is 2.00 bits per heavy atom. The summed E-state index contributed by atoms with van der Waals surface area (Å²) in [7, 11) is 0. The van der Waals surface area contributed by atoms with Gasteiger partial charge >= 0.3 is 0 Å². The zero-order chi connectivity index (χ0) is 12.3. The summed E-state index contributed by atoms with van der Waals surface area (Å²) in [5.74, 6) is 2.08. The van der Waals surface area contributed by atoms with Gasteiger partial charge in [0.15, 0.2) is 0 Å². The number of furan rings is 1. The van der Waals surface area contributed by atoms with Gasteiger partial charge in [0.2, 0.25) is 0 Å². The highest BCUT2D eigenvalue weighted by Gasteiger charge is 2.23. The van der Waals surface area contributed by atoms with Crippen molar-refractivity contribution < 1.29 is 4.42 Å². The Balaban J connectivity index is 1.92. The molecule has 1 heterocycles. The normalized spacial score (nSPS) is 25.4. The molecule has 0 atom stereocenters. The molecular formula is C14H24N2O. The molecule has 0 amide bonds. The van der Waals surface area contributed by atoms with Gasteiger partial charge in [-0.1, -0.05) is 6.92 Å². The largest absolute Gasteiger partial charge is 0.465 e. The van der Waals surface area contributed by atoms with Crippen molar-refractivity contribution in [3.05, 3.63) is 23.7 Å². The van der Waals surface area contributed by atoms with Crippen LogP contribution in [0, 0.1) is 6.92 Å². The number of nitrogens with two attached hydrogens (primary N) is 1. The molecule has 96 valence electrons. The Morgan fingerprint density at radius 1 is 1.29 bits per heavy atom. The Morgan fingerprint density at radius 3 is 2.53 bits per heavy atom. The summed E-state index contributed by atoms with van der Waals surface area (Å²) in [6, 6.07) is 5.24. The number of nitrogens with zero attached hydrogens (tertiary/aromatic N) is 1. The first kappa shape index (κ1) is 12.7. The van der Waals surface area contributed by atoms with Gasteiger partial charge < -0.3 is 10.2 Å². The Labute approximate surface area is 104 Å². The molecule has 1 aromatic heterocycles. The highest BCUT2D eigenvalue weighted by Crippen LogP contribution is 2.23. The lowest BCUT2D eigenvalue weighted by atomic mass is 9.90. The van der Waals surface area contributed by atoms with Crippen LogP contribution in [-0.4, -0.2) is 23.5 Å². The molecular weight excluding hydrogens is 212 g/mol. The maximum absolute atomic E-state index is 5.96. The predicted molar refractivity (Wildman–Crippen MR) is 69.8 cm³/mol. The number of aryl methyl sites for hydroxylation is 1. The molecule has 0 spiro atoms. The van der Waals surface area contributed by atoms with Gasteiger partial charge in [-0.25, -0.2) is 0 Å². The van der Waals surface area contributed by atoms with Crippen molar-refractivity contribution in [2.24, 2.45) is 5.73 Å². The van der Waals surface area contributed by atoms with E-state index in [0.29, 0.717) is 12.1 Å². The summed E-state index contributed by atoms with van der Waals surface area (Å²) in [6.07, 6.45) is 4.79. The molecule has 2 N–H and O–H groups in total. The molecule has 0 radical (unpaired) electrons. The molecule has 17 heavy (non-hydrogen) atoms. The van der Waals surface area contributed by atoms with E-state index >= 15 is 0 Å². The van der Waals surface area contributed by atoms with E-state index in [4.69, 9.17) is 10.2 Å². The van der Waals surface area contributed by atoms with Crippen LogP contribution in [-0.2, 0) is 6.54 Å². The summed E-state index contributed by atoms with van der Waals surface area (Å²) in [6.45, 7) is 6.24. The molecule has 0 unspecified atom stereocenters. The minimum absolute atomic E-state index is 0.427. The fourth-order valence-electron chi connectivity index (χ4n) is 2.74. The van der Waals surface area contributed by atoms with Crippen LogP contribution < -0.4 is 5.73 Å². The predicted octanol–water partition coefficient (Wildman–Crippen LogP) is 2.68. The lowest BCUT2D eigenvalue weighted by Crippen LogP contribution is -2.40. The van der Waals surface area contributed by atoms with Crippen molar-refractivity contribution in [2.75, 3.05) is 6.54 Å². The maximum Gasteiger partial charge on any atom is 0.118 e. The summed E-state index contributed by atoms with van der Waals surface area (Å²) >= 11 is 0. The zero-order valence-corrected chi connectivity index (χ0v) is 11.0. The van der Waals surface area contributed by atoms with Crippen LogP contribution >= 0.6 is 0 Å². The first-order chi connectivity index (χ1) is 8.19. The van der Waals surface area contributed by atoms with E-state index in [-0.39, 0.29) is 0 Å². The third-order valence-electron chi connectivity index (χ3n) is 3.82. The van der Waals surface area contributed by atoms with E-state index < -0.39 is 0 Å². The Kier molecular flexibility index (Phi) is 4.24. The van der Waals surface area contributed by atoms with Gasteiger partial charge in [0.25, 0.3) is 0 Å². The van der Waals surface area contributed by atoms with Crippen molar-refractivity contribution >= 4 is 0 Å². The van der Waals surface area contributed by atoms with Crippen molar-refractivity contribution in [1.29, 1.82) is 0 Å². The Hall–Kier alpha value is -0.800. The van der Waals surface area contributed by atoms with E-state index in [1.54, 1.807) is 0 Å². The topological polar surface area (TPSA) is 42.4 Å². The van der Waals surface area contributed by atoms with E-state index in [0.717, 1.165) is 24.6 Å². The second kappa shape index (κ2) is 5.69. The SMILES string of the molecule is CCN(Cc1ccc(C)o1)C1CCC(N)CC1. The monoisotopic (exact) mass is 236 g/mol. The van der Waals surface area contributed by atoms with Crippen molar-refractivity contribution in [1.82, 2.24) is 4.90 Å². The minimum Gasteiger partial charge on any atom is -0.465 e. The molecule has 3 heteroatoms. The van der Waals surface area contributed by atoms with Crippen molar-refractivity contribution in [3.8, 4) is 0 Å². The number of rotatable bonds is 4. The highest BCUT2D eigenvalue weighted by molar-refractivity contribution is 5.05. The Bertz CT molecular complexity index is 340. The molecule has 1 saturated carbocycles. The molecule has 0 aromatic carbocycles. The third-order valence-corrected chi connectivity index (χ3v) is 3.82. The van der Waals surface area contributed by atoms with E-state index in [2.05, 4.69) is 17.9 Å². The molecule has 1 aromatic rings. The first-order valence-corrected chi connectivity index (χ1v) is 6.74. The fraction of sp³-hybridized carbons (Fsp3) is 0.714. The summed E-state index contributed by atoms with van der Waals surface area (Å²) < 4.78 is 5.66. The van der Waals surface area contributed by atoms with Crippen LogP contribution in [0.3, 0.4) is 0 Å². The second-order valence-corrected chi connectivity index (χ2v) is 5.14. The third kappa shape index (κ3) is 3.33. The molecule has 3 nitrogen and oxygen atoms in total. The molecule has 1 aliphatic carbocycles. The molecule has 0 saturated heterocycles. The van der Waals surface area contributed by atoms with Crippen LogP contribution in [0.4, 0.5) is 0 Å². The minimum atomic E-state index is 0.427. The van der Waals surface area contributed by atoms with Gasteiger partial charge in [-0.2, -0.15) is 0 Å². The summed E-state index contributed by atoms with van der Waals surface area (Å²) in [5, 5.41) is 0. The number of hydrogen-bond donors (Lipinski definition) is 1. The second-order valence-electron chi connectivity index (χ2n) is 5.14. The molecule has 1 fully saturated rings. The zero-order valence-electron chi connectivity index (χ0n) is 11.0. The van der Waals surface area contributed by atoms with E-state index in [9.17, 15) is 0 Å². The molecule has 0 aliphatic heterocycles. The standard InChI is InChI=1S/C14H24N2O/c1-3-16(10-14-9-4-11(2)17-14)13-7-5-12(15)6-8-13/h4,9,12-13H,3,5-8,10,15H2,1-2H3. The fourth-order valence-corrected chi connectivity index (χ4v) is 2.74. The lowest BCUT2D eigenvalue weighted by molar-refractivity contribution is 0.139. The van der Waals surface area contributed by atoms with Gasteiger partial charge in [-0.15, -0.1) is 0 Å². The van der Waals surface area contributed by atoms with Crippen LogP contribution in [0.25, 0.3) is 0 Å². The summed E-state index contributed by atoms with van der Waals surface area (Å²) in [5.41, 5.74) is 5.96. The summed E-state index contributed by atoms with van der Waals surface area (Å²) in [4.78, 5) is 2.52. The first-order valence-electron chi connectivity index (χ1n) is 6.74. The average molecular weight is 236 g/mol. The molecule has 1 aliphatic rings. The van der Waals surface area contributed by atoms with Crippen LogP contribution in [0.5, 0.6) is 0 Å². The molecule has 0 bridgehead atoms. The number of hydrogen-bond acceptors (Lipinski definition) is 3. The lowest BCUT2D eigenvalue weighted by Gasteiger charge is -2.34. The van der Waals surface area contributed by atoms with Crippen molar-refractivity contribution in [3.63, 3.8) is 0 Å². The quantitative estimate of drug-likeness (QED) is 0.874. The maximum atomic E-state index is 5.96. The van der Waals surface area contributed by atoms with E-state index in [1.165, 1.54) is 25.7 Å². The van der Waals surface area contributed by atoms with Gasteiger partial charge in [-0.05, 0) is 51.3 Å². The van der Waals surface area contributed by atoms with Gasteiger partial charge in [0.1, 0.15) is 11.5 Å². The molecule has 2 rings (SSSR count). The van der Waals surface area contributed by atoms with E-state index in [1.807, 2.05) is 13.0 Å². The van der Waals surface area contributed by atoms with Crippen LogP contribution in [0.2, 0.25) is 0 Å². The van der Waals surface area contributed by atoms with Gasteiger partial charge in [0.05, 0.1) is 6.54 Å². The van der Waals surface area contributed by atoms with Crippen LogP contribution in [0.1, 0.15) is 44.1 Å². The van der Waals surface area contributed by atoms with Gasteiger partial charge in [0, 0.05) is 12.1 Å².